The van der Waals surface area contributed by atoms with Crippen molar-refractivity contribution in [3.63, 3.8) is 0 Å². The molecule has 0 saturated heterocycles. The number of aromatic amines is 1. The number of aryl methyl sites for hydroxylation is 2. The third kappa shape index (κ3) is 5.26. The van der Waals surface area contributed by atoms with E-state index in [1.54, 1.807) is 24.8 Å². The van der Waals surface area contributed by atoms with Crippen LogP contribution in [0.5, 0.6) is 0 Å². The normalized spacial score (nSPS) is 11.8. The zero-order valence-electron chi connectivity index (χ0n) is 15.0. The van der Waals surface area contributed by atoms with Gasteiger partial charge in [0.2, 0.25) is 5.91 Å². The van der Waals surface area contributed by atoms with Gasteiger partial charge in [0, 0.05) is 17.8 Å². The van der Waals surface area contributed by atoms with Crippen molar-refractivity contribution in [2.75, 3.05) is 12.0 Å². The summed E-state index contributed by atoms with van der Waals surface area (Å²) < 4.78 is 5.06. The van der Waals surface area contributed by atoms with Crippen molar-refractivity contribution in [3.05, 3.63) is 57.4 Å². The first-order valence-corrected chi connectivity index (χ1v) is 9.62. The average Bonchev–Trinajstić information content (AvgIpc) is 3.11. The minimum absolute atomic E-state index is 0.104. The molecular formula is C18H23N3O4S. The van der Waals surface area contributed by atoms with Gasteiger partial charge in [-0.25, -0.2) is 0 Å². The summed E-state index contributed by atoms with van der Waals surface area (Å²) in [4.78, 5) is 39.5. The van der Waals surface area contributed by atoms with Crippen LogP contribution in [0.15, 0.2) is 33.7 Å². The van der Waals surface area contributed by atoms with Gasteiger partial charge < -0.3 is 20.0 Å². The van der Waals surface area contributed by atoms with E-state index < -0.39 is 11.9 Å². The Morgan fingerprint density at radius 2 is 2.12 bits per heavy atom. The van der Waals surface area contributed by atoms with Crippen molar-refractivity contribution >= 4 is 23.6 Å². The molecule has 3 N–H and O–H groups in total. The number of rotatable bonds is 8. The predicted molar refractivity (Wildman–Crippen MR) is 101 cm³/mol. The maximum absolute atomic E-state index is 12.5. The van der Waals surface area contributed by atoms with Crippen molar-refractivity contribution in [1.29, 1.82) is 0 Å². The molecule has 0 unspecified atom stereocenters. The minimum Gasteiger partial charge on any atom is -0.459 e. The van der Waals surface area contributed by atoms with E-state index in [2.05, 4.69) is 15.6 Å². The van der Waals surface area contributed by atoms with Crippen LogP contribution in [0, 0.1) is 13.8 Å². The van der Waals surface area contributed by atoms with Gasteiger partial charge in [0.25, 0.3) is 11.5 Å². The molecule has 2 amide bonds. The second kappa shape index (κ2) is 9.28. The molecule has 1 atom stereocenters. The Kier molecular flexibility index (Phi) is 7.08. The van der Waals surface area contributed by atoms with Gasteiger partial charge in [0.05, 0.1) is 6.26 Å². The van der Waals surface area contributed by atoms with Crippen molar-refractivity contribution in [1.82, 2.24) is 15.6 Å². The highest BCUT2D eigenvalue weighted by Crippen LogP contribution is 2.06. The molecule has 2 aromatic rings. The number of nitrogens with one attached hydrogen (secondary N) is 3. The van der Waals surface area contributed by atoms with Crippen molar-refractivity contribution < 1.29 is 14.0 Å². The molecule has 2 rings (SSSR count). The molecule has 7 nitrogen and oxygen atoms in total. The van der Waals surface area contributed by atoms with Crippen LogP contribution in [0.3, 0.4) is 0 Å². The van der Waals surface area contributed by atoms with Gasteiger partial charge >= 0.3 is 0 Å². The van der Waals surface area contributed by atoms with Crippen molar-refractivity contribution in [2.45, 2.75) is 32.9 Å². The van der Waals surface area contributed by atoms with E-state index >= 15 is 0 Å². The largest absolute Gasteiger partial charge is 0.459 e. The summed E-state index contributed by atoms with van der Waals surface area (Å²) in [6, 6.07) is 4.30. The average molecular weight is 377 g/mol. The summed E-state index contributed by atoms with van der Waals surface area (Å²) in [5, 5.41) is 5.43. The summed E-state index contributed by atoms with van der Waals surface area (Å²) in [6.45, 7) is 3.74. The van der Waals surface area contributed by atoms with Crippen LogP contribution in [0.4, 0.5) is 0 Å². The van der Waals surface area contributed by atoms with Crippen LogP contribution in [-0.2, 0) is 11.3 Å². The van der Waals surface area contributed by atoms with Gasteiger partial charge in [-0.05, 0) is 56.0 Å². The number of pyridine rings is 1. The van der Waals surface area contributed by atoms with Gasteiger partial charge in [-0.1, -0.05) is 0 Å². The smallest absolute Gasteiger partial charge is 0.287 e. The third-order valence-electron chi connectivity index (χ3n) is 3.91. The summed E-state index contributed by atoms with van der Waals surface area (Å²) >= 11 is 1.58. The number of carbonyl (C=O) groups excluding carboxylic acids is 2. The molecule has 26 heavy (non-hydrogen) atoms. The molecule has 8 heteroatoms. The van der Waals surface area contributed by atoms with E-state index in [1.165, 1.54) is 12.3 Å². The Balaban J connectivity index is 2.04. The Bertz CT molecular complexity index is 814. The highest BCUT2D eigenvalue weighted by atomic mass is 32.2. The number of thioether (sulfide) groups is 1. The molecule has 140 valence electrons. The molecular weight excluding hydrogens is 354 g/mol. The fourth-order valence-corrected chi connectivity index (χ4v) is 3.01. The van der Waals surface area contributed by atoms with E-state index in [9.17, 15) is 14.4 Å². The fourth-order valence-electron chi connectivity index (χ4n) is 2.54. The Hall–Kier alpha value is -2.48. The second-order valence-electron chi connectivity index (χ2n) is 5.95. The quantitative estimate of drug-likeness (QED) is 0.650. The van der Waals surface area contributed by atoms with Crippen LogP contribution in [0.2, 0.25) is 0 Å². The van der Waals surface area contributed by atoms with E-state index in [-0.39, 0.29) is 23.8 Å². The van der Waals surface area contributed by atoms with Gasteiger partial charge in [-0.2, -0.15) is 11.8 Å². The minimum atomic E-state index is -0.704. The number of amides is 2. The lowest BCUT2D eigenvalue weighted by Gasteiger charge is -2.18. The monoisotopic (exact) mass is 377 g/mol. The van der Waals surface area contributed by atoms with Crippen molar-refractivity contribution in [3.8, 4) is 0 Å². The zero-order chi connectivity index (χ0) is 19.1. The molecule has 2 aromatic heterocycles. The summed E-state index contributed by atoms with van der Waals surface area (Å²) in [5.74, 6) is 0.0810. The first kappa shape index (κ1) is 19.8. The van der Waals surface area contributed by atoms with Crippen LogP contribution in [0.25, 0.3) is 0 Å². The van der Waals surface area contributed by atoms with Crippen LogP contribution < -0.4 is 16.2 Å². The Labute approximate surface area is 155 Å². The first-order valence-electron chi connectivity index (χ1n) is 8.22. The number of hydrogen-bond donors (Lipinski definition) is 3. The molecule has 0 aliphatic rings. The maximum atomic E-state index is 12.5. The number of carbonyl (C=O) groups is 2. The van der Waals surface area contributed by atoms with Gasteiger partial charge in [-0.15, -0.1) is 0 Å². The zero-order valence-corrected chi connectivity index (χ0v) is 15.9. The van der Waals surface area contributed by atoms with E-state index in [0.717, 1.165) is 11.3 Å². The van der Waals surface area contributed by atoms with Crippen LogP contribution in [0.1, 0.15) is 33.8 Å². The summed E-state index contributed by atoms with van der Waals surface area (Å²) in [6.07, 6.45) is 3.81. The molecule has 0 radical (unpaired) electrons. The molecule has 0 fully saturated rings. The van der Waals surface area contributed by atoms with Gasteiger partial charge in [0.1, 0.15) is 6.04 Å². The number of hydrogen-bond acceptors (Lipinski definition) is 5. The van der Waals surface area contributed by atoms with Crippen LogP contribution in [-0.4, -0.2) is 34.8 Å². The molecule has 0 aromatic carbocycles. The fraction of sp³-hybridized carbons (Fsp3) is 0.389. The topological polar surface area (TPSA) is 104 Å². The summed E-state index contributed by atoms with van der Waals surface area (Å²) in [7, 11) is 0. The van der Waals surface area contributed by atoms with E-state index in [4.69, 9.17) is 4.42 Å². The van der Waals surface area contributed by atoms with E-state index in [1.807, 2.05) is 19.2 Å². The number of furan rings is 1. The maximum Gasteiger partial charge on any atom is 0.287 e. The molecule has 0 aliphatic carbocycles. The highest BCUT2D eigenvalue weighted by molar-refractivity contribution is 7.98. The standard InChI is InChI=1S/C18H23N3O4S/c1-11-9-12(2)20-16(22)13(11)10-19-17(23)14(6-8-26-3)21-18(24)15-5-4-7-25-15/h4-5,7,9,14H,6,8,10H2,1-3H3,(H,19,23)(H,20,22)(H,21,24)/t14-/m0/s1. The van der Waals surface area contributed by atoms with Gasteiger partial charge in [-0.3, -0.25) is 14.4 Å². The molecule has 0 bridgehead atoms. The SMILES string of the molecule is CSCC[C@H](NC(=O)c1ccco1)C(=O)NCc1c(C)cc(C)[nH]c1=O. The molecule has 0 aliphatic heterocycles. The summed E-state index contributed by atoms with van der Waals surface area (Å²) in [5.41, 5.74) is 1.87. The second-order valence-corrected chi connectivity index (χ2v) is 6.93. The first-order chi connectivity index (χ1) is 12.4. The van der Waals surface area contributed by atoms with Gasteiger partial charge in [0.15, 0.2) is 5.76 Å². The lowest BCUT2D eigenvalue weighted by Crippen LogP contribution is -2.47. The highest BCUT2D eigenvalue weighted by Gasteiger charge is 2.22. The number of H-pyrrole nitrogens is 1. The molecule has 2 heterocycles. The van der Waals surface area contributed by atoms with Crippen LogP contribution >= 0.6 is 11.8 Å². The Morgan fingerprint density at radius 1 is 1.35 bits per heavy atom. The third-order valence-corrected chi connectivity index (χ3v) is 4.55. The lowest BCUT2D eigenvalue weighted by atomic mass is 10.1. The molecule has 0 spiro atoms. The number of aromatic nitrogens is 1. The van der Waals surface area contributed by atoms with E-state index in [0.29, 0.717) is 17.7 Å². The predicted octanol–water partition coefficient (Wildman–Crippen LogP) is 1.75. The molecule has 0 saturated carbocycles. The van der Waals surface area contributed by atoms with Crippen molar-refractivity contribution in [2.24, 2.45) is 0 Å². The lowest BCUT2D eigenvalue weighted by molar-refractivity contribution is -0.123. The Morgan fingerprint density at radius 3 is 2.73 bits per heavy atom.